The average Bonchev–Trinajstić information content (AvgIpc) is 2.30. The first-order chi connectivity index (χ1) is 7.29. The SMILES string of the molecule is O=S(c1ccccc1Cl)C1CCNCC1. The number of rotatable bonds is 2. The van der Waals surface area contributed by atoms with E-state index in [0.717, 1.165) is 30.8 Å². The summed E-state index contributed by atoms with van der Waals surface area (Å²) >= 11 is 6.03. The van der Waals surface area contributed by atoms with Crippen molar-refractivity contribution in [1.29, 1.82) is 0 Å². The van der Waals surface area contributed by atoms with Gasteiger partial charge >= 0.3 is 0 Å². The van der Waals surface area contributed by atoms with Gasteiger partial charge in [-0.15, -0.1) is 0 Å². The number of halogens is 1. The molecule has 1 unspecified atom stereocenters. The van der Waals surface area contributed by atoms with Crippen molar-refractivity contribution in [2.75, 3.05) is 13.1 Å². The van der Waals surface area contributed by atoms with Crippen molar-refractivity contribution < 1.29 is 4.21 Å². The normalized spacial score (nSPS) is 20.1. The molecule has 0 aliphatic carbocycles. The smallest absolute Gasteiger partial charge is 0.0577 e. The van der Waals surface area contributed by atoms with Gasteiger partial charge < -0.3 is 5.32 Å². The largest absolute Gasteiger partial charge is 0.317 e. The molecule has 1 aliphatic rings. The average molecular weight is 244 g/mol. The van der Waals surface area contributed by atoms with Crippen molar-refractivity contribution in [1.82, 2.24) is 5.32 Å². The van der Waals surface area contributed by atoms with Gasteiger partial charge in [0.05, 0.1) is 20.7 Å². The molecular weight excluding hydrogens is 230 g/mol. The van der Waals surface area contributed by atoms with E-state index in [1.165, 1.54) is 0 Å². The van der Waals surface area contributed by atoms with Crippen LogP contribution in [0.1, 0.15) is 12.8 Å². The van der Waals surface area contributed by atoms with Gasteiger partial charge in [-0.25, -0.2) is 0 Å². The van der Waals surface area contributed by atoms with E-state index >= 15 is 0 Å². The van der Waals surface area contributed by atoms with Gasteiger partial charge in [0.2, 0.25) is 0 Å². The maximum absolute atomic E-state index is 12.2. The first-order valence-electron chi connectivity index (χ1n) is 5.15. The lowest BCUT2D eigenvalue weighted by molar-refractivity contribution is 0.519. The van der Waals surface area contributed by atoms with Crippen molar-refractivity contribution in [2.24, 2.45) is 0 Å². The molecule has 1 heterocycles. The Balaban J connectivity index is 2.16. The lowest BCUT2D eigenvalue weighted by Gasteiger charge is -2.22. The predicted octanol–water partition coefficient (Wildman–Crippen LogP) is 2.20. The predicted molar refractivity (Wildman–Crippen MR) is 63.8 cm³/mol. The molecule has 1 aromatic rings. The van der Waals surface area contributed by atoms with Gasteiger partial charge in [0.15, 0.2) is 0 Å². The van der Waals surface area contributed by atoms with E-state index in [0.29, 0.717) is 5.02 Å². The van der Waals surface area contributed by atoms with Gasteiger partial charge in [0.1, 0.15) is 0 Å². The summed E-state index contributed by atoms with van der Waals surface area (Å²) in [5.41, 5.74) is 0. The Morgan fingerprint density at radius 3 is 2.60 bits per heavy atom. The fraction of sp³-hybridized carbons (Fsp3) is 0.455. The minimum absolute atomic E-state index is 0.256. The second-order valence-corrected chi connectivity index (χ2v) is 5.79. The first-order valence-corrected chi connectivity index (χ1v) is 6.74. The third-order valence-corrected chi connectivity index (χ3v) is 4.95. The van der Waals surface area contributed by atoms with Gasteiger partial charge in [-0.2, -0.15) is 0 Å². The summed E-state index contributed by atoms with van der Waals surface area (Å²) < 4.78 is 12.2. The van der Waals surface area contributed by atoms with E-state index in [2.05, 4.69) is 5.32 Å². The van der Waals surface area contributed by atoms with Gasteiger partial charge in [0.25, 0.3) is 0 Å². The summed E-state index contributed by atoms with van der Waals surface area (Å²) in [5.74, 6) is 0. The minimum Gasteiger partial charge on any atom is -0.317 e. The van der Waals surface area contributed by atoms with Crippen LogP contribution in [0, 0.1) is 0 Å². The number of benzene rings is 1. The van der Waals surface area contributed by atoms with Crippen molar-refractivity contribution >= 4 is 22.4 Å². The maximum atomic E-state index is 12.2. The molecule has 15 heavy (non-hydrogen) atoms. The molecule has 82 valence electrons. The highest BCUT2D eigenvalue weighted by molar-refractivity contribution is 7.85. The van der Waals surface area contributed by atoms with Crippen LogP contribution in [-0.4, -0.2) is 22.5 Å². The molecule has 4 heteroatoms. The van der Waals surface area contributed by atoms with Gasteiger partial charge in [-0.1, -0.05) is 23.7 Å². The summed E-state index contributed by atoms with van der Waals surface area (Å²) in [5, 5.41) is 4.14. The quantitative estimate of drug-likeness (QED) is 0.863. The summed E-state index contributed by atoms with van der Waals surface area (Å²) in [6.07, 6.45) is 1.94. The second-order valence-electron chi connectivity index (χ2n) is 3.68. The topological polar surface area (TPSA) is 29.1 Å². The molecule has 0 spiro atoms. The van der Waals surface area contributed by atoms with E-state index < -0.39 is 10.8 Å². The molecule has 0 bridgehead atoms. The van der Waals surface area contributed by atoms with Crippen molar-refractivity contribution in [2.45, 2.75) is 23.0 Å². The zero-order valence-electron chi connectivity index (χ0n) is 8.41. The lowest BCUT2D eigenvalue weighted by Crippen LogP contribution is -2.33. The Bertz CT molecular complexity index is 363. The van der Waals surface area contributed by atoms with Crippen molar-refractivity contribution in [3.63, 3.8) is 0 Å². The van der Waals surface area contributed by atoms with Crippen LogP contribution >= 0.6 is 11.6 Å². The highest BCUT2D eigenvalue weighted by Gasteiger charge is 2.22. The number of piperidine rings is 1. The molecule has 1 aliphatic heterocycles. The van der Waals surface area contributed by atoms with Crippen LogP contribution in [0.25, 0.3) is 0 Å². The molecular formula is C11H14ClNOS. The van der Waals surface area contributed by atoms with E-state index in [1.807, 2.05) is 18.2 Å². The van der Waals surface area contributed by atoms with Gasteiger partial charge in [-0.05, 0) is 38.1 Å². The van der Waals surface area contributed by atoms with Crippen LogP contribution in [0.3, 0.4) is 0 Å². The zero-order valence-corrected chi connectivity index (χ0v) is 9.98. The number of hydrogen-bond donors (Lipinski definition) is 1. The standard InChI is InChI=1S/C11H14ClNOS/c12-10-3-1-2-4-11(10)15(14)9-5-7-13-8-6-9/h1-4,9,13H,5-8H2. The van der Waals surface area contributed by atoms with E-state index in [4.69, 9.17) is 11.6 Å². The van der Waals surface area contributed by atoms with Crippen LogP contribution in [0.2, 0.25) is 5.02 Å². The van der Waals surface area contributed by atoms with E-state index in [1.54, 1.807) is 6.07 Å². The summed E-state index contributed by atoms with van der Waals surface area (Å²) in [6, 6.07) is 7.42. The maximum Gasteiger partial charge on any atom is 0.0577 e. The monoisotopic (exact) mass is 243 g/mol. The Morgan fingerprint density at radius 2 is 1.93 bits per heavy atom. The van der Waals surface area contributed by atoms with E-state index in [9.17, 15) is 4.21 Å². The summed E-state index contributed by atoms with van der Waals surface area (Å²) in [4.78, 5) is 0.783. The number of hydrogen-bond acceptors (Lipinski definition) is 2. The van der Waals surface area contributed by atoms with Crippen LogP contribution in [0.4, 0.5) is 0 Å². The fourth-order valence-electron chi connectivity index (χ4n) is 1.80. The van der Waals surface area contributed by atoms with Crippen molar-refractivity contribution in [3.8, 4) is 0 Å². The first kappa shape index (κ1) is 11.1. The zero-order chi connectivity index (χ0) is 10.7. The van der Waals surface area contributed by atoms with Crippen LogP contribution in [-0.2, 0) is 10.8 Å². The van der Waals surface area contributed by atoms with Gasteiger partial charge in [-0.3, -0.25) is 4.21 Å². The second kappa shape index (κ2) is 5.10. The Morgan fingerprint density at radius 1 is 1.27 bits per heavy atom. The molecule has 1 N–H and O–H groups in total. The Labute approximate surface area is 97.5 Å². The molecule has 1 aromatic carbocycles. The lowest BCUT2D eigenvalue weighted by atomic mass is 10.2. The molecule has 1 saturated heterocycles. The minimum atomic E-state index is -0.953. The highest BCUT2D eigenvalue weighted by Crippen LogP contribution is 2.24. The molecule has 0 aromatic heterocycles. The molecule has 2 nitrogen and oxygen atoms in total. The molecule has 1 atom stereocenters. The molecule has 0 radical (unpaired) electrons. The Kier molecular flexibility index (Phi) is 3.78. The number of nitrogens with one attached hydrogen (secondary N) is 1. The molecule has 1 fully saturated rings. The van der Waals surface area contributed by atoms with E-state index in [-0.39, 0.29) is 5.25 Å². The summed E-state index contributed by atoms with van der Waals surface area (Å²) in [7, 11) is -0.953. The third kappa shape index (κ3) is 2.60. The Hall–Kier alpha value is -0.380. The summed E-state index contributed by atoms with van der Waals surface area (Å²) in [6.45, 7) is 1.92. The highest BCUT2D eigenvalue weighted by atomic mass is 35.5. The van der Waals surface area contributed by atoms with Gasteiger partial charge in [0, 0.05) is 5.25 Å². The molecule has 2 rings (SSSR count). The van der Waals surface area contributed by atoms with Crippen LogP contribution < -0.4 is 5.32 Å². The third-order valence-electron chi connectivity index (χ3n) is 2.64. The van der Waals surface area contributed by atoms with Crippen molar-refractivity contribution in [3.05, 3.63) is 29.3 Å². The fourth-order valence-corrected chi connectivity index (χ4v) is 3.66. The van der Waals surface area contributed by atoms with Crippen LogP contribution in [0.5, 0.6) is 0 Å². The molecule has 0 amide bonds. The van der Waals surface area contributed by atoms with Crippen LogP contribution in [0.15, 0.2) is 29.2 Å². The molecule has 0 saturated carbocycles.